The molecule has 1 spiro atoms. The SMILES string of the molecule is CC(C)CNC1C2CCN(CC2)C12CC2. The minimum atomic E-state index is 0.621. The molecule has 2 bridgehead atoms. The van der Waals surface area contributed by atoms with Crippen LogP contribution in [0.2, 0.25) is 0 Å². The molecule has 15 heavy (non-hydrogen) atoms. The molecule has 1 unspecified atom stereocenters. The van der Waals surface area contributed by atoms with Crippen LogP contribution in [0.3, 0.4) is 0 Å². The Kier molecular flexibility index (Phi) is 2.33. The van der Waals surface area contributed by atoms with E-state index in [1.165, 1.54) is 45.3 Å². The van der Waals surface area contributed by atoms with Crippen molar-refractivity contribution in [1.29, 1.82) is 0 Å². The molecular formula is C13H24N2. The lowest BCUT2D eigenvalue weighted by Gasteiger charge is -2.52. The Morgan fingerprint density at radius 2 is 1.93 bits per heavy atom. The van der Waals surface area contributed by atoms with E-state index in [-0.39, 0.29) is 0 Å². The molecule has 1 N–H and O–H groups in total. The highest BCUT2D eigenvalue weighted by Gasteiger charge is 2.59. The van der Waals surface area contributed by atoms with Crippen molar-refractivity contribution in [3.05, 3.63) is 0 Å². The van der Waals surface area contributed by atoms with Crippen LogP contribution in [0.15, 0.2) is 0 Å². The molecule has 1 aliphatic carbocycles. The fraction of sp³-hybridized carbons (Fsp3) is 1.00. The van der Waals surface area contributed by atoms with Gasteiger partial charge in [0.25, 0.3) is 0 Å². The maximum Gasteiger partial charge on any atom is 0.0366 e. The summed E-state index contributed by atoms with van der Waals surface area (Å²) in [6.07, 6.45) is 5.80. The normalized spacial score (nSPS) is 41.4. The lowest BCUT2D eigenvalue weighted by Crippen LogP contribution is -2.64. The Morgan fingerprint density at radius 3 is 2.47 bits per heavy atom. The van der Waals surface area contributed by atoms with Crippen LogP contribution in [0.25, 0.3) is 0 Å². The van der Waals surface area contributed by atoms with Crippen molar-refractivity contribution < 1.29 is 0 Å². The molecule has 2 heteroatoms. The molecule has 0 aromatic carbocycles. The van der Waals surface area contributed by atoms with E-state index in [1.807, 2.05) is 0 Å². The lowest BCUT2D eigenvalue weighted by molar-refractivity contribution is -0.00358. The Bertz CT molecular complexity index is 237. The standard InChI is InChI=1S/C13H24N2/c1-10(2)9-14-12-11-3-7-15(8-4-11)13(12)5-6-13/h10-12,14H,3-9H2,1-2H3. The van der Waals surface area contributed by atoms with Crippen LogP contribution in [0.5, 0.6) is 0 Å². The zero-order valence-electron chi connectivity index (χ0n) is 10.1. The molecule has 1 atom stereocenters. The minimum absolute atomic E-state index is 0.621. The number of nitrogens with one attached hydrogen (secondary N) is 1. The van der Waals surface area contributed by atoms with Crippen molar-refractivity contribution in [3.8, 4) is 0 Å². The highest BCUT2D eigenvalue weighted by Crippen LogP contribution is 2.53. The van der Waals surface area contributed by atoms with Gasteiger partial charge in [-0.2, -0.15) is 0 Å². The molecule has 4 rings (SSSR count). The maximum absolute atomic E-state index is 3.86. The first kappa shape index (κ1) is 10.1. The fourth-order valence-electron chi connectivity index (χ4n) is 3.79. The predicted molar refractivity (Wildman–Crippen MR) is 62.9 cm³/mol. The molecule has 3 heterocycles. The van der Waals surface area contributed by atoms with Crippen LogP contribution in [-0.4, -0.2) is 36.1 Å². The van der Waals surface area contributed by atoms with Crippen LogP contribution in [0, 0.1) is 11.8 Å². The van der Waals surface area contributed by atoms with Gasteiger partial charge in [-0.3, -0.25) is 4.90 Å². The number of rotatable bonds is 3. The van der Waals surface area contributed by atoms with E-state index in [9.17, 15) is 0 Å². The Hall–Kier alpha value is -0.0800. The van der Waals surface area contributed by atoms with Crippen molar-refractivity contribution in [2.75, 3.05) is 19.6 Å². The second kappa shape index (κ2) is 3.46. The number of fused-ring (bicyclic) bond motifs is 2. The quantitative estimate of drug-likeness (QED) is 0.761. The monoisotopic (exact) mass is 208 g/mol. The molecule has 0 aromatic rings. The topological polar surface area (TPSA) is 15.3 Å². The van der Waals surface area contributed by atoms with Gasteiger partial charge < -0.3 is 5.32 Å². The van der Waals surface area contributed by atoms with Gasteiger partial charge in [0.15, 0.2) is 0 Å². The minimum Gasteiger partial charge on any atom is -0.312 e. The van der Waals surface area contributed by atoms with Crippen LogP contribution in [0.1, 0.15) is 39.5 Å². The number of hydrogen-bond acceptors (Lipinski definition) is 2. The molecule has 2 nitrogen and oxygen atoms in total. The summed E-state index contributed by atoms with van der Waals surface area (Å²) in [5.74, 6) is 1.77. The van der Waals surface area contributed by atoms with Crippen molar-refractivity contribution >= 4 is 0 Å². The number of nitrogens with zero attached hydrogens (tertiary/aromatic N) is 1. The Morgan fingerprint density at radius 1 is 1.27 bits per heavy atom. The molecule has 0 aromatic heterocycles. The van der Waals surface area contributed by atoms with E-state index in [1.54, 1.807) is 0 Å². The molecule has 86 valence electrons. The van der Waals surface area contributed by atoms with Crippen LogP contribution in [0.4, 0.5) is 0 Å². The van der Waals surface area contributed by atoms with E-state index in [0.29, 0.717) is 5.54 Å². The zero-order valence-corrected chi connectivity index (χ0v) is 10.1. The first-order valence-corrected chi connectivity index (χ1v) is 6.71. The average molecular weight is 208 g/mol. The summed E-state index contributed by atoms with van der Waals surface area (Å²) in [7, 11) is 0. The third-order valence-corrected chi connectivity index (χ3v) is 4.73. The van der Waals surface area contributed by atoms with Crippen molar-refractivity contribution in [2.24, 2.45) is 11.8 Å². The molecule has 4 aliphatic rings. The second-order valence-electron chi connectivity index (χ2n) is 6.21. The molecule has 4 fully saturated rings. The number of hydrogen-bond donors (Lipinski definition) is 1. The average Bonchev–Trinajstić information content (AvgIpc) is 2.99. The largest absolute Gasteiger partial charge is 0.312 e. The third-order valence-electron chi connectivity index (χ3n) is 4.73. The summed E-state index contributed by atoms with van der Waals surface area (Å²) in [5, 5.41) is 3.86. The summed E-state index contributed by atoms with van der Waals surface area (Å²) in [6.45, 7) is 8.59. The molecule has 1 saturated carbocycles. The van der Waals surface area contributed by atoms with Crippen molar-refractivity contribution in [1.82, 2.24) is 10.2 Å². The summed E-state index contributed by atoms with van der Waals surface area (Å²) < 4.78 is 0. The Balaban J connectivity index is 1.70. The van der Waals surface area contributed by atoms with Gasteiger partial charge >= 0.3 is 0 Å². The van der Waals surface area contributed by atoms with E-state index in [4.69, 9.17) is 0 Å². The first-order valence-electron chi connectivity index (χ1n) is 6.71. The van der Waals surface area contributed by atoms with Crippen molar-refractivity contribution in [3.63, 3.8) is 0 Å². The Labute approximate surface area is 93.4 Å². The van der Waals surface area contributed by atoms with E-state index in [2.05, 4.69) is 24.1 Å². The molecule has 3 aliphatic heterocycles. The van der Waals surface area contributed by atoms with Gasteiger partial charge in [0.05, 0.1) is 0 Å². The number of piperidine rings is 3. The zero-order chi connectivity index (χ0) is 10.5. The van der Waals surface area contributed by atoms with Crippen LogP contribution < -0.4 is 5.32 Å². The predicted octanol–water partition coefficient (Wildman–Crippen LogP) is 1.86. The maximum atomic E-state index is 3.86. The van der Waals surface area contributed by atoms with Gasteiger partial charge in [0.2, 0.25) is 0 Å². The highest BCUT2D eigenvalue weighted by molar-refractivity contribution is 5.18. The van der Waals surface area contributed by atoms with Gasteiger partial charge in [0, 0.05) is 11.6 Å². The highest BCUT2D eigenvalue weighted by atomic mass is 15.3. The summed E-state index contributed by atoms with van der Waals surface area (Å²) >= 11 is 0. The summed E-state index contributed by atoms with van der Waals surface area (Å²) in [5.41, 5.74) is 0.621. The van der Waals surface area contributed by atoms with Crippen molar-refractivity contribution in [2.45, 2.75) is 51.1 Å². The molecule has 3 saturated heterocycles. The first-order chi connectivity index (χ1) is 7.22. The van der Waals surface area contributed by atoms with Gasteiger partial charge in [-0.05, 0) is 57.2 Å². The summed E-state index contributed by atoms with van der Waals surface area (Å²) in [4.78, 5) is 2.78. The van der Waals surface area contributed by atoms with Gasteiger partial charge in [-0.25, -0.2) is 0 Å². The third kappa shape index (κ3) is 1.53. The molecule has 0 radical (unpaired) electrons. The van der Waals surface area contributed by atoms with Crippen LogP contribution in [-0.2, 0) is 0 Å². The van der Waals surface area contributed by atoms with E-state index >= 15 is 0 Å². The molecule has 0 amide bonds. The van der Waals surface area contributed by atoms with E-state index < -0.39 is 0 Å². The summed E-state index contributed by atoms with van der Waals surface area (Å²) in [6, 6.07) is 0.822. The van der Waals surface area contributed by atoms with Gasteiger partial charge in [-0.1, -0.05) is 13.8 Å². The second-order valence-corrected chi connectivity index (χ2v) is 6.21. The van der Waals surface area contributed by atoms with Gasteiger partial charge in [0.1, 0.15) is 0 Å². The van der Waals surface area contributed by atoms with E-state index in [0.717, 1.165) is 17.9 Å². The smallest absolute Gasteiger partial charge is 0.0366 e. The van der Waals surface area contributed by atoms with Gasteiger partial charge in [-0.15, -0.1) is 0 Å². The fourth-order valence-corrected chi connectivity index (χ4v) is 3.79. The van der Waals surface area contributed by atoms with Crippen LogP contribution >= 0.6 is 0 Å². The molecular weight excluding hydrogens is 184 g/mol. The lowest BCUT2D eigenvalue weighted by atomic mass is 9.77.